The summed E-state index contributed by atoms with van der Waals surface area (Å²) in [6.07, 6.45) is -3.25. The van der Waals surface area contributed by atoms with Crippen molar-refractivity contribution in [3.05, 3.63) is 41.6 Å². The number of rotatable bonds is 7. The van der Waals surface area contributed by atoms with E-state index in [2.05, 4.69) is 10.1 Å². The quantitative estimate of drug-likeness (QED) is 0.732. The van der Waals surface area contributed by atoms with Gasteiger partial charge in [0.25, 0.3) is 11.8 Å². The summed E-state index contributed by atoms with van der Waals surface area (Å²) in [6, 6.07) is 6.21. The van der Waals surface area contributed by atoms with Gasteiger partial charge in [-0.2, -0.15) is 13.2 Å². The van der Waals surface area contributed by atoms with Gasteiger partial charge in [0.2, 0.25) is 0 Å². The second-order valence-corrected chi connectivity index (χ2v) is 5.01. The normalized spacial score (nSPS) is 15.0. The first-order valence-corrected chi connectivity index (χ1v) is 6.99. The zero-order chi connectivity index (χ0) is 17.7. The van der Waals surface area contributed by atoms with E-state index in [0.29, 0.717) is 11.3 Å². The second kappa shape index (κ2) is 7.45. The molecule has 2 rings (SSSR count). The van der Waals surface area contributed by atoms with E-state index in [4.69, 9.17) is 5.11 Å². The summed E-state index contributed by atoms with van der Waals surface area (Å²) in [4.78, 5) is 24.5. The lowest BCUT2D eigenvalue weighted by Crippen LogP contribution is -2.34. The van der Waals surface area contributed by atoms with Crippen molar-refractivity contribution < 1.29 is 32.6 Å². The number of nitrogens with one attached hydrogen (secondary N) is 1. The minimum Gasteiger partial charge on any atom is -0.395 e. The maximum atomic E-state index is 12.0. The Hall–Kier alpha value is -2.39. The molecule has 1 aromatic carbocycles. The Morgan fingerprint density at radius 2 is 1.83 bits per heavy atom. The van der Waals surface area contributed by atoms with Gasteiger partial charge in [-0.15, -0.1) is 0 Å². The Morgan fingerprint density at radius 1 is 1.17 bits per heavy atom. The molecule has 6 nitrogen and oxygen atoms in total. The summed E-state index contributed by atoms with van der Waals surface area (Å²) in [5, 5.41) is 11.6. The van der Waals surface area contributed by atoms with Crippen molar-refractivity contribution in [2.45, 2.75) is 12.8 Å². The number of aliphatic hydroxyl groups excluding tert-OH is 1. The van der Waals surface area contributed by atoms with Gasteiger partial charge in [0, 0.05) is 11.8 Å². The molecule has 0 aromatic heterocycles. The molecule has 0 radical (unpaired) electrons. The third kappa shape index (κ3) is 4.80. The number of hydrogen-bond acceptors (Lipinski definition) is 5. The fourth-order valence-electron chi connectivity index (χ4n) is 2.03. The zero-order valence-electron chi connectivity index (χ0n) is 12.5. The van der Waals surface area contributed by atoms with Crippen molar-refractivity contribution in [3.63, 3.8) is 0 Å². The average Bonchev–Trinajstić information content (AvgIpc) is 2.76. The van der Waals surface area contributed by atoms with E-state index in [9.17, 15) is 22.8 Å². The summed E-state index contributed by atoms with van der Waals surface area (Å²) in [5.74, 6) is -1.07. The third-order valence-corrected chi connectivity index (χ3v) is 3.10. The maximum Gasteiger partial charge on any atom is 0.411 e. The van der Waals surface area contributed by atoms with Crippen LogP contribution < -0.4 is 5.32 Å². The highest BCUT2D eigenvalue weighted by molar-refractivity contribution is 6.17. The number of aliphatic hydroxyl groups is 1. The van der Waals surface area contributed by atoms with Gasteiger partial charge in [-0.25, -0.2) is 0 Å². The van der Waals surface area contributed by atoms with Crippen molar-refractivity contribution >= 4 is 17.5 Å². The van der Waals surface area contributed by atoms with Crippen LogP contribution in [-0.4, -0.2) is 47.8 Å². The zero-order valence-corrected chi connectivity index (χ0v) is 12.5. The van der Waals surface area contributed by atoms with E-state index in [1.807, 2.05) is 0 Å². The molecule has 1 aliphatic rings. The Bertz CT molecular complexity index is 641. The van der Waals surface area contributed by atoms with Crippen LogP contribution in [0, 0.1) is 0 Å². The number of halogens is 3. The molecule has 1 aliphatic heterocycles. The van der Waals surface area contributed by atoms with Gasteiger partial charge in [-0.05, 0) is 17.7 Å². The van der Waals surface area contributed by atoms with Crippen molar-refractivity contribution in [3.8, 4) is 0 Å². The SMILES string of the molecule is O=C1C=C(Nc2ccc(COCC(F)(F)F)cc2)C(=O)N1CCO. The number of β-amino-alcohol motifs (C(OH)–C–C–N with tert-alkyl or cyclic N) is 1. The molecule has 9 heteroatoms. The topological polar surface area (TPSA) is 78.9 Å². The first-order chi connectivity index (χ1) is 11.3. The predicted octanol–water partition coefficient (Wildman–Crippen LogP) is 1.42. The molecule has 1 heterocycles. The van der Waals surface area contributed by atoms with Gasteiger partial charge in [0.05, 0.1) is 19.8 Å². The Balaban J connectivity index is 1.91. The molecule has 2 N–H and O–H groups in total. The molecule has 0 aliphatic carbocycles. The fraction of sp³-hybridized carbons (Fsp3) is 0.333. The van der Waals surface area contributed by atoms with Crippen LogP contribution in [0.3, 0.4) is 0 Å². The van der Waals surface area contributed by atoms with Crippen LogP contribution in [0.5, 0.6) is 0 Å². The largest absolute Gasteiger partial charge is 0.411 e. The van der Waals surface area contributed by atoms with E-state index in [1.165, 1.54) is 0 Å². The van der Waals surface area contributed by atoms with E-state index in [0.717, 1.165) is 11.0 Å². The highest BCUT2D eigenvalue weighted by Crippen LogP contribution is 2.19. The van der Waals surface area contributed by atoms with Crippen LogP contribution in [0.4, 0.5) is 18.9 Å². The molecule has 24 heavy (non-hydrogen) atoms. The molecule has 1 aromatic rings. The number of hydrogen-bond donors (Lipinski definition) is 2. The van der Waals surface area contributed by atoms with E-state index in [-0.39, 0.29) is 25.5 Å². The van der Waals surface area contributed by atoms with Crippen molar-refractivity contribution in [1.82, 2.24) is 4.90 Å². The van der Waals surface area contributed by atoms with Gasteiger partial charge in [0.1, 0.15) is 12.3 Å². The molecule has 0 bridgehead atoms. The molecular formula is C15H15F3N2O4. The Morgan fingerprint density at radius 3 is 2.42 bits per heavy atom. The fourth-order valence-corrected chi connectivity index (χ4v) is 2.03. The average molecular weight is 344 g/mol. The second-order valence-electron chi connectivity index (χ2n) is 5.01. The highest BCUT2D eigenvalue weighted by Gasteiger charge is 2.30. The van der Waals surface area contributed by atoms with E-state index >= 15 is 0 Å². The standard InChI is InChI=1S/C15H15F3N2O4/c16-15(17,18)9-24-8-10-1-3-11(4-2-10)19-12-7-13(22)20(5-6-21)14(12)23/h1-4,7,19,21H,5-6,8-9H2. The van der Waals surface area contributed by atoms with Gasteiger partial charge in [0.15, 0.2) is 0 Å². The molecule has 0 atom stereocenters. The molecule has 2 amide bonds. The van der Waals surface area contributed by atoms with Crippen molar-refractivity contribution in [1.29, 1.82) is 0 Å². The third-order valence-electron chi connectivity index (χ3n) is 3.10. The van der Waals surface area contributed by atoms with Gasteiger partial charge in [-0.3, -0.25) is 14.5 Å². The van der Waals surface area contributed by atoms with Crippen molar-refractivity contribution in [2.75, 3.05) is 25.1 Å². The summed E-state index contributed by atoms with van der Waals surface area (Å²) < 4.78 is 40.5. The first-order valence-electron chi connectivity index (χ1n) is 6.99. The number of imide groups is 1. The molecule has 0 saturated heterocycles. The number of alkyl halides is 3. The van der Waals surface area contributed by atoms with E-state index < -0.39 is 24.6 Å². The number of carbonyl (C=O) groups is 2. The van der Waals surface area contributed by atoms with E-state index in [1.54, 1.807) is 24.3 Å². The molecule has 130 valence electrons. The van der Waals surface area contributed by atoms with Crippen LogP contribution in [-0.2, 0) is 20.9 Å². The monoisotopic (exact) mass is 344 g/mol. The number of carbonyl (C=O) groups excluding carboxylic acids is 2. The lowest BCUT2D eigenvalue weighted by Gasteiger charge is -2.13. The summed E-state index contributed by atoms with van der Waals surface area (Å²) in [7, 11) is 0. The summed E-state index contributed by atoms with van der Waals surface area (Å²) in [6.45, 7) is -1.93. The Kier molecular flexibility index (Phi) is 5.58. The predicted molar refractivity (Wildman–Crippen MR) is 77.7 cm³/mol. The molecule has 0 saturated carbocycles. The van der Waals surface area contributed by atoms with Crippen LogP contribution in [0.2, 0.25) is 0 Å². The van der Waals surface area contributed by atoms with Crippen LogP contribution in [0.1, 0.15) is 5.56 Å². The first kappa shape index (κ1) is 18.0. The number of amides is 2. The van der Waals surface area contributed by atoms with Crippen LogP contribution in [0.25, 0.3) is 0 Å². The Labute approximate surface area is 135 Å². The smallest absolute Gasteiger partial charge is 0.395 e. The minimum absolute atomic E-state index is 0.0644. The number of ether oxygens (including phenoxy) is 1. The number of nitrogens with zero attached hydrogens (tertiary/aromatic N) is 1. The van der Waals surface area contributed by atoms with Crippen molar-refractivity contribution in [2.24, 2.45) is 0 Å². The van der Waals surface area contributed by atoms with Gasteiger partial charge >= 0.3 is 6.18 Å². The number of benzene rings is 1. The van der Waals surface area contributed by atoms with Crippen LogP contribution in [0.15, 0.2) is 36.0 Å². The molecule has 0 unspecified atom stereocenters. The molecule has 0 spiro atoms. The lowest BCUT2D eigenvalue weighted by molar-refractivity contribution is -0.176. The number of anilines is 1. The van der Waals surface area contributed by atoms with Gasteiger partial charge < -0.3 is 15.2 Å². The molecular weight excluding hydrogens is 329 g/mol. The van der Waals surface area contributed by atoms with Crippen LogP contribution >= 0.6 is 0 Å². The molecule has 0 fully saturated rings. The summed E-state index contributed by atoms with van der Waals surface area (Å²) >= 11 is 0. The maximum absolute atomic E-state index is 12.0. The lowest BCUT2D eigenvalue weighted by atomic mass is 10.2. The summed E-state index contributed by atoms with van der Waals surface area (Å²) in [5.41, 5.74) is 1.09. The van der Waals surface area contributed by atoms with Gasteiger partial charge in [-0.1, -0.05) is 12.1 Å². The minimum atomic E-state index is -4.37. The highest BCUT2D eigenvalue weighted by atomic mass is 19.4.